The lowest BCUT2D eigenvalue weighted by atomic mass is 10.4. The first-order valence-electron chi connectivity index (χ1n) is 3.57. The summed E-state index contributed by atoms with van der Waals surface area (Å²) in [6.07, 6.45) is 1.39. The molecule has 1 aromatic rings. The number of ether oxygens (including phenoxy) is 1. The number of nitrogens with zero attached hydrogens (tertiary/aromatic N) is 1. The predicted octanol–water partition coefficient (Wildman–Crippen LogP) is 2.77. The van der Waals surface area contributed by atoms with Crippen LogP contribution in [0.25, 0.3) is 0 Å². The van der Waals surface area contributed by atoms with Crippen LogP contribution in [0.3, 0.4) is 0 Å². The Labute approximate surface area is 78.9 Å². The van der Waals surface area contributed by atoms with Crippen LogP contribution in [-0.4, -0.2) is 11.1 Å². The highest BCUT2D eigenvalue weighted by Gasteiger charge is 2.03. The van der Waals surface area contributed by atoms with E-state index in [9.17, 15) is 4.39 Å². The Kier molecular flexibility index (Phi) is 3.03. The van der Waals surface area contributed by atoms with Gasteiger partial charge in [-0.15, -0.1) is 0 Å². The topological polar surface area (TPSA) is 22.1 Å². The minimum Gasteiger partial charge on any atom is -0.475 e. The molecule has 0 unspecified atom stereocenters. The van der Waals surface area contributed by atoms with E-state index in [1.165, 1.54) is 12.3 Å². The zero-order valence-electron chi connectivity index (χ0n) is 6.84. The summed E-state index contributed by atoms with van der Waals surface area (Å²) >= 11 is 3.00. The number of hydrogen-bond acceptors (Lipinski definition) is 2. The van der Waals surface area contributed by atoms with E-state index in [0.717, 1.165) is 0 Å². The Balaban J connectivity index is 2.82. The van der Waals surface area contributed by atoms with Gasteiger partial charge in [0, 0.05) is 12.3 Å². The van der Waals surface area contributed by atoms with E-state index in [4.69, 9.17) is 4.74 Å². The first kappa shape index (κ1) is 9.45. The molecule has 0 aliphatic rings. The average molecular weight is 234 g/mol. The Hall–Kier alpha value is -0.640. The Morgan fingerprint density at radius 3 is 2.75 bits per heavy atom. The fourth-order valence-corrected chi connectivity index (χ4v) is 0.919. The minimum atomic E-state index is -0.361. The van der Waals surface area contributed by atoms with Crippen LogP contribution in [0.4, 0.5) is 4.39 Å². The van der Waals surface area contributed by atoms with E-state index in [1.54, 1.807) is 0 Å². The van der Waals surface area contributed by atoms with E-state index < -0.39 is 0 Å². The second kappa shape index (κ2) is 3.85. The Morgan fingerprint density at radius 2 is 2.25 bits per heavy atom. The summed E-state index contributed by atoms with van der Waals surface area (Å²) in [7, 11) is 0. The van der Waals surface area contributed by atoms with Crippen molar-refractivity contribution >= 4 is 15.9 Å². The first-order chi connectivity index (χ1) is 5.59. The van der Waals surface area contributed by atoms with Crippen molar-refractivity contribution in [3.8, 4) is 5.88 Å². The first-order valence-corrected chi connectivity index (χ1v) is 4.36. The summed E-state index contributed by atoms with van der Waals surface area (Å²) in [6, 6.07) is 1.25. The van der Waals surface area contributed by atoms with Crippen LogP contribution in [0.1, 0.15) is 13.8 Å². The fraction of sp³-hybridized carbons (Fsp3) is 0.375. The molecular weight excluding hydrogens is 225 g/mol. The van der Waals surface area contributed by atoms with Crippen molar-refractivity contribution in [2.45, 2.75) is 20.0 Å². The zero-order chi connectivity index (χ0) is 9.14. The van der Waals surface area contributed by atoms with Crippen LogP contribution >= 0.6 is 15.9 Å². The lowest BCUT2D eigenvalue weighted by molar-refractivity contribution is 0.231. The van der Waals surface area contributed by atoms with Gasteiger partial charge in [-0.25, -0.2) is 9.37 Å². The standard InChI is InChI=1S/C8H9BrFNO/c1-5(2)12-8-3-7(10)6(9)4-11-8/h3-5H,1-2H3. The van der Waals surface area contributed by atoms with Crippen molar-refractivity contribution in [2.75, 3.05) is 0 Å². The lowest BCUT2D eigenvalue weighted by Crippen LogP contribution is -2.06. The zero-order valence-corrected chi connectivity index (χ0v) is 8.43. The minimum absolute atomic E-state index is 0.0121. The maximum absolute atomic E-state index is 12.9. The molecule has 0 N–H and O–H groups in total. The predicted molar refractivity (Wildman–Crippen MR) is 47.7 cm³/mol. The fourth-order valence-electron chi connectivity index (χ4n) is 0.703. The molecule has 0 fully saturated rings. The summed E-state index contributed by atoms with van der Waals surface area (Å²) in [5.74, 6) is -0.0497. The molecule has 0 radical (unpaired) electrons. The molecule has 0 aliphatic carbocycles. The molecule has 66 valence electrons. The SMILES string of the molecule is CC(C)Oc1cc(F)c(Br)cn1. The van der Waals surface area contributed by atoms with Crippen LogP contribution in [0, 0.1) is 5.82 Å². The summed E-state index contributed by atoms with van der Waals surface area (Å²) < 4.78 is 18.4. The van der Waals surface area contributed by atoms with Gasteiger partial charge < -0.3 is 4.74 Å². The number of rotatable bonds is 2. The van der Waals surface area contributed by atoms with Gasteiger partial charge in [-0.1, -0.05) is 0 Å². The van der Waals surface area contributed by atoms with Crippen molar-refractivity contribution in [3.05, 3.63) is 22.6 Å². The summed E-state index contributed by atoms with van der Waals surface area (Å²) in [4.78, 5) is 3.87. The molecule has 4 heteroatoms. The highest BCUT2D eigenvalue weighted by atomic mass is 79.9. The van der Waals surface area contributed by atoms with Gasteiger partial charge in [-0.05, 0) is 29.8 Å². The van der Waals surface area contributed by atoms with Gasteiger partial charge in [0.2, 0.25) is 5.88 Å². The number of hydrogen-bond donors (Lipinski definition) is 0. The third-order valence-electron chi connectivity index (χ3n) is 1.14. The lowest BCUT2D eigenvalue weighted by Gasteiger charge is -2.07. The maximum atomic E-state index is 12.9. The quantitative estimate of drug-likeness (QED) is 0.784. The van der Waals surface area contributed by atoms with Crippen molar-refractivity contribution < 1.29 is 9.13 Å². The molecule has 0 saturated heterocycles. The van der Waals surface area contributed by atoms with E-state index in [2.05, 4.69) is 20.9 Å². The summed E-state index contributed by atoms with van der Waals surface area (Å²) in [6.45, 7) is 3.73. The molecule has 1 rings (SSSR count). The highest BCUT2D eigenvalue weighted by Crippen LogP contribution is 2.18. The average Bonchev–Trinajstić information content (AvgIpc) is 1.96. The van der Waals surface area contributed by atoms with E-state index in [-0.39, 0.29) is 11.9 Å². The molecule has 1 heterocycles. The van der Waals surface area contributed by atoms with Gasteiger partial charge in [-0.3, -0.25) is 0 Å². The van der Waals surface area contributed by atoms with Gasteiger partial charge in [-0.2, -0.15) is 0 Å². The summed E-state index contributed by atoms with van der Waals surface area (Å²) in [5, 5.41) is 0. The van der Waals surface area contributed by atoms with Crippen LogP contribution in [0.15, 0.2) is 16.7 Å². The van der Waals surface area contributed by atoms with Gasteiger partial charge >= 0.3 is 0 Å². The van der Waals surface area contributed by atoms with Crippen molar-refractivity contribution in [2.24, 2.45) is 0 Å². The van der Waals surface area contributed by atoms with Crippen LogP contribution < -0.4 is 4.74 Å². The third kappa shape index (κ3) is 2.44. The van der Waals surface area contributed by atoms with E-state index >= 15 is 0 Å². The third-order valence-corrected chi connectivity index (χ3v) is 1.72. The monoisotopic (exact) mass is 233 g/mol. The van der Waals surface area contributed by atoms with Gasteiger partial charge in [0.05, 0.1) is 10.6 Å². The highest BCUT2D eigenvalue weighted by molar-refractivity contribution is 9.10. The van der Waals surface area contributed by atoms with Crippen LogP contribution in [0.5, 0.6) is 5.88 Å². The molecular formula is C8H9BrFNO. The second-order valence-corrected chi connectivity index (χ2v) is 3.46. The molecule has 0 aromatic carbocycles. The van der Waals surface area contributed by atoms with Crippen molar-refractivity contribution in [1.29, 1.82) is 0 Å². The molecule has 0 amide bonds. The van der Waals surface area contributed by atoms with Gasteiger partial charge in [0.15, 0.2) is 0 Å². The van der Waals surface area contributed by atoms with E-state index in [1.807, 2.05) is 13.8 Å². The van der Waals surface area contributed by atoms with Crippen molar-refractivity contribution in [1.82, 2.24) is 4.98 Å². The van der Waals surface area contributed by atoms with Gasteiger partial charge in [0.1, 0.15) is 5.82 Å². The largest absolute Gasteiger partial charge is 0.475 e. The molecule has 0 bridgehead atoms. The molecule has 0 atom stereocenters. The molecule has 1 aromatic heterocycles. The van der Waals surface area contributed by atoms with Crippen molar-refractivity contribution in [3.63, 3.8) is 0 Å². The summed E-state index contributed by atoms with van der Waals surface area (Å²) in [5.41, 5.74) is 0. The smallest absolute Gasteiger partial charge is 0.216 e. The Bertz CT molecular complexity index is 278. The number of pyridine rings is 1. The molecule has 0 aliphatic heterocycles. The maximum Gasteiger partial charge on any atom is 0.216 e. The van der Waals surface area contributed by atoms with E-state index in [0.29, 0.717) is 10.4 Å². The molecule has 12 heavy (non-hydrogen) atoms. The van der Waals surface area contributed by atoms with Gasteiger partial charge in [0.25, 0.3) is 0 Å². The molecule has 0 spiro atoms. The Morgan fingerprint density at radius 1 is 1.58 bits per heavy atom. The number of aromatic nitrogens is 1. The van der Waals surface area contributed by atoms with Crippen LogP contribution in [0.2, 0.25) is 0 Å². The normalized spacial score (nSPS) is 10.4. The second-order valence-electron chi connectivity index (χ2n) is 2.60. The molecule has 0 saturated carbocycles. The van der Waals surface area contributed by atoms with Crippen LogP contribution in [-0.2, 0) is 0 Å². The number of halogens is 2. The molecule has 2 nitrogen and oxygen atoms in total.